The van der Waals surface area contributed by atoms with Crippen molar-refractivity contribution in [2.24, 2.45) is 11.7 Å². The van der Waals surface area contributed by atoms with E-state index in [2.05, 4.69) is 34.6 Å². The maximum Gasteiger partial charge on any atom is 0.119 e. The normalized spacial score (nSPS) is 24.1. The van der Waals surface area contributed by atoms with Crippen LogP contribution in [0.1, 0.15) is 103 Å². The summed E-state index contributed by atoms with van der Waals surface area (Å²) in [6.07, 6.45) is 1.37. The number of nitrogens with two attached hydrogens (primary N) is 1. The number of aliphatic hydroxyl groups excluding tert-OH is 2. The number of hydrogen-bond donors (Lipinski definition) is 3. The molecular weight excluding hydrogens is 891 g/mol. The number of allylic oxidation sites excluding steroid dienone is 1. The zero-order valence-corrected chi connectivity index (χ0v) is 42.6. The molecule has 0 aromatic heterocycles. The van der Waals surface area contributed by atoms with E-state index in [9.17, 15) is 10.2 Å². The molecular formula is C57H77NO12. The zero-order chi connectivity index (χ0) is 49.9. The molecule has 4 aromatic carbocycles. The van der Waals surface area contributed by atoms with Gasteiger partial charge in [-0.2, -0.15) is 0 Å². The molecule has 1 aliphatic carbocycles. The first-order valence-corrected chi connectivity index (χ1v) is 25.0. The lowest BCUT2D eigenvalue weighted by Crippen LogP contribution is -2.67. The van der Waals surface area contributed by atoms with Gasteiger partial charge in [-0.3, -0.25) is 0 Å². The molecule has 3 aliphatic rings. The monoisotopic (exact) mass is 968 g/mol. The molecule has 0 radical (unpaired) electrons. The molecule has 0 spiro atoms. The Morgan fingerprint density at radius 1 is 0.586 bits per heavy atom. The minimum Gasteiger partial charge on any atom is -0.491 e. The summed E-state index contributed by atoms with van der Waals surface area (Å²) in [6, 6.07) is 31.3. The van der Waals surface area contributed by atoms with Crippen LogP contribution in [0.3, 0.4) is 0 Å². The highest BCUT2D eigenvalue weighted by atomic mass is 16.6. The standard InChI is InChI=1S/C57H77NO12/c1-9-54(5,67-29-41-11-23-49(24-12-41)63-35-51-37-65-51)27-45(59)33-61-47-19-15-43(16-20-47)31-69-56(7)40(4)57(8,53(56)39(3)58)70-32-44-17-21-48(22-18-44)62-34-46(60)28-55(6,10-2)68-30-42-13-25-50(26-14-42)64-36-52-38-66-52/h11-26,40,45-46,51-52,59-60H,9-10,27-38,58H2,1-8H3. The van der Waals surface area contributed by atoms with Crippen molar-refractivity contribution in [2.45, 2.75) is 154 Å². The van der Waals surface area contributed by atoms with Crippen LogP contribution in [0, 0.1) is 5.92 Å². The first-order chi connectivity index (χ1) is 33.5. The van der Waals surface area contributed by atoms with Crippen LogP contribution in [-0.4, -0.2) is 96.7 Å². The van der Waals surface area contributed by atoms with Crippen LogP contribution in [-0.2, 0) is 54.8 Å². The molecule has 8 atom stereocenters. The van der Waals surface area contributed by atoms with Crippen LogP contribution < -0.4 is 24.7 Å². The lowest BCUT2D eigenvalue weighted by molar-refractivity contribution is -0.211. The molecule has 7 rings (SSSR count). The third kappa shape index (κ3) is 14.7. The topological polar surface area (TPSA) is 165 Å². The lowest BCUT2D eigenvalue weighted by Gasteiger charge is -2.60. The highest BCUT2D eigenvalue weighted by molar-refractivity contribution is 5.43. The van der Waals surface area contributed by atoms with Gasteiger partial charge in [-0.25, -0.2) is 0 Å². The molecule has 70 heavy (non-hydrogen) atoms. The summed E-state index contributed by atoms with van der Waals surface area (Å²) in [5.41, 5.74) is 9.91. The predicted molar refractivity (Wildman–Crippen MR) is 268 cm³/mol. The third-order valence-corrected chi connectivity index (χ3v) is 14.4. The van der Waals surface area contributed by atoms with Gasteiger partial charge in [0.25, 0.3) is 0 Å². The van der Waals surface area contributed by atoms with Gasteiger partial charge in [0, 0.05) is 30.0 Å². The lowest BCUT2D eigenvalue weighted by atomic mass is 9.55. The molecule has 1 saturated carbocycles. The molecule has 4 N–H and O–H groups in total. The quantitative estimate of drug-likeness (QED) is 0.0424. The molecule has 382 valence electrons. The van der Waals surface area contributed by atoms with Crippen molar-refractivity contribution in [2.75, 3.05) is 39.6 Å². The number of hydrogen-bond acceptors (Lipinski definition) is 13. The second-order valence-electron chi connectivity index (χ2n) is 20.2. The number of epoxide rings is 2. The summed E-state index contributed by atoms with van der Waals surface area (Å²) < 4.78 is 59.9. The van der Waals surface area contributed by atoms with Crippen LogP contribution in [0.2, 0.25) is 0 Å². The average molecular weight is 968 g/mol. The van der Waals surface area contributed by atoms with E-state index in [-0.39, 0.29) is 31.3 Å². The highest BCUT2D eigenvalue weighted by Gasteiger charge is 2.63. The molecule has 3 fully saturated rings. The van der Waals surface area contributed by atoms with E-state index < -0.39 is 34.6 Å². The summed E-state index contributed by atoms with van der Waals surface area (Å²) in [5.74, 6) is 2.95. The van der Waals surface area contributed by atoms with Gasteiger partial charge < -0.3 is 63.3 Å². The Kier molecular flexibility index (Phi) is 18.0. The highest BCUT2D eigenvalue weighted by Crippen LogP contribution is 2.57. The Morgan fingerprint density at radius 2 is 0.900 bits per heavy atom. The maximum absolute atomic E-state index is 11.0. The molecule has 2 saturated heterocycles. The van der Waals surface area contributed by atoms with Gasteiger partial charge in [-0.05, 0) is 118 Å². The van der Waals surface area contributed by atoms with Gasteiger partial charge in [0.15, 0.2) is 0 Å². The van der Waals surface area contributed by atoms with E-state index in [0.29, 0.717) is 69.7 Å². The first-order valence-electron chi connectivity index (χ1n) is 25.0. The van der Waals surface area contributed by atoms with Crippen molar-refractivity contribution in [3.05, 3.63) is 131 Å². The minimum absolute atomic E-state index is 0.00223. The van der Waals surface area contributed by atoms with Gasteiger partial charge in [-0.1, -0.05) is 69.3 Å². The van der Waals surface area contributed by atoms with Gasteiger partial charge in [0.05, 0.1) is 74.3 Å². The van der Waals surface area contributed by atoms with E-state index >= 15 is 0 Å². The number of benzene rings is 4. The molecule has 0 amide bonds. The fourth-order valence-corrected chi connectivity index (χ4v) is 9.08. The molecule has 2 aliphatic heterocycles. The van der Waals surface area contributed by atoms with Crippen molar-refractivity contribution >= 4 is 0 Å². The number of rotatable bonds is 30. The first kappa shape index (κ1) is 53.1. The third-order valence-electron chi connectivity index (χ3n) is 14.4. The summed E-state index contributed by atoms with van der Waals surface area (Å²) >= 11 is 0. The Balaban J connectivity index is 0.809. The Hall–Kier alpha value is -4.70. The van der Waals surface area contributed by atoms with Gasteiger partial charge >= 0.3 is 0 Å². The average Bonchev–Trinajstić information content (AvgIpc) is 4.32. The zero-order valence-electron chi connectivity index (χ0n) is 42.6. The minimum atomic E-state index is -0.710. The van der Waals surface area contributed by atoms with Gasteiger partial charge in [-0.15, -0.1) is 0 Å². The number of aliphatic hydroxyl groups is 2. The summed E-state index contributed by atoms with van der Waals surface area (Å²) in [6.45, 7) is 21.0. The van der Waals surface area contributed by atoms with Gasteiger partial charge in [0.2, 0.25) is 0 Å². The Bertz CT molecular complexity index is 2110. The van der Waals surface area contributed by atoms with Gasteiger partial charge in [0.1, 0.15) is 61.6 Å². The van der Waals surface area contributed by atoms with E-state index in [1.807, 2.05) is 118 Å². The molecule has 13 nitrogen and oxygen atoms in total. The fraction of sp³-hybridized carbons (Fsp3) is 0.544. The van der Waals surface area contributed by atoms with Crippen molar-refractivity contribution < 1.29 is 57.6 Å². The van der Waals surface area contributed by atoms with E-state index in [1.54, 1.807) is 0 Å². The van der Waals surface area contributed by atoms with Crippen molar-refractivity contribution in [3.8, 4) is 23.0 Å². The Labute approximate surface area is 415 Å². The molecule has 8 unspecified atom stereocenters. The summed E-state index contributed by atoms with van der Waals surface area (Å²) in [7, 11) is 0. The summed E-state index contributed by atoms with van der Waals surface area (Å²) in [4.78, 5) is 0. The van der Waals surface area contributed by atoms with Crippen LogP contribution in [0.4, 0.5) is 0 Å². The van der Waals surface area contributed by atoms with Crippen LogP contribution in [0.5, 0.6) is 23.0 Å². The van der Waals surface area contributed by atoms with Crippen LogP contribution >= 0.6 is 0 Å². The largest absolute Gasteiger partial charge is 0.491 e. The van der Waals surface area contributed by atoms with Crippen LogP contribution in [0.15, 0.2) is 108 Å². The molecule has 13 heteroatoms. The maximum atomic E-state index is 11.0. The molecule has 4 aromatic rings. The second kappa shape index (κ2) is 23.7. The van der Waals surface area contributed by atoms with Crippen molar-refractivity contribution in [3.63, 3.8) is 0 Å². The second-order valence-corrected chi connectivity index (χ2v) is 20.2. The van der Waals surface area contributed by atoms with Crippen LogP contribution in [0.25, 0.3) is 0 Å². The smallest absolute Gasteiger partial charge is 0.119 e. The van der Waals surface area contributed by atoms with Crippen molar-refractivity contribution in [1.82, 2.24) is 0 Å². The SMILES string of the molecule is CCC(C)(CC(O)COc1ccc(COC2(C)C(=C(C)N)C(C)(OCc3ccc(OCC(O)CC(C)(CC)OCc4ccc(OCC5CO5)cc4)cc3)C2C)cc1)OCc1ccc(OCC2CO2)cc1. The predicted octanol–water partition coefficient (Wildman–Crippen LogP) is 9.41. The summed E-state index contributed by atoms with van der Waals surface area (Å²) in [5, 5.41) is 21.9. The fourth-order valence-electron chi connectivity index (χ4n) is 9.08. The molecule has 2 heterocycles. The van der Waals surface area contributed by atoms with E-state index in [4.69, 9.17) is 53.1 Å². The molecule has 0 bridgehead atoms. The Morgan fingerprint density at radius 3 is 1.20 bits per heavy atom. The van der Waals surface area contributed by atoms with Crippen molar-refractivity contribution in [1.29, 1.82) is 0 Å². The van der Waals surface area contributed by atoms with E-state index in [1.165, 1.54) is 0 Å². The number of ether oxygens (including phenoxy) is 10. The van der Waals surface area contributed by atoms with E-state index in [0.717, 1.165) is 65.4 Å².